The van der Waals surface area contributed by atoms with Crippen molar-refractivity contribution in [1.29, 1.82) is 0 Å². The number of amides is 1. The second kappa shape index (κ2) is 7.61. The summed E-state index contributed by atoms with van der Waals surface area (Å²) in [5.41, 5.74) is 2.14. The van der Waals surface area contributed by atoms with Crippen molar-refractivity contribution in [2.75, 3.05) is 5.75 Å². The SMILES string of the molecule is O=C(CSc1nc2nc(Cl)ccc2[nH]1)NCc1cc(Cl)cc(Cl)c1. The molecule has 0 aliphatic carbocycles. The molecular formula is C15H11Cl3N4OS. The number of nitrogens with one attached hydrogen (secondary N) is 2. The lowest BCUT2D eigenvalue weighted by Crippen LogP contribution is -2.24. The number of H-pyrrole nitrogens is 1. The molecule has 124 valence electrons. The third-order valence-electron chi connectivity index (χ3n) is 3.04. The van der Waals surface area contributed by atoms with Gasteiger partial charge in [-0.1, -0.05) is 46.6 Å². The number of rotatable bonds is 5. The van der Waals surface area contributed by atoms with Crippen LogP contribution >= 0.6 is 46.6 Å². The van der Waals surface area contributed by atoms with E-state index in [9.17, 15) is 4.79 Å². The van der Waals surface area contributed by atoms with Gasteiger partial charge >= 0.3 is 0 Å². The number of fused-ring (bicyclic) bond motifs is 1. The Morgan fingerprint density at radius 1 is 1.12 bits per heavy atom. The highest BCUT2D eigenvalue weighted by Gasteiger charge is 2.08. The molecule has 5 nitrogen and oxygen atoms in total. The van der Waals surface area contributed by atoms with Gasteiger partial charge in [-0.2, -0.15) is 0 Å². The van der Waals surface area contributed by atoms with Crippen LogP contribution in [-0.4, -0.2) is 26.6 Å². The van der Waals surface area contributed by atoms with Gasteiger partial charge in [-0.05, 0) is 35.9 Å². The molecule has 0 radical (unpaired) electrons. The first kappa shape index (κ1) is 17.4. The van der Waals surface area contributed by atoms with Crippen molar-refractivity contribution in [1.82, 2.24) is 20.3 Å². The molecule has 9 heteroatoms. The first-order valence-corrected chi connectivity index (χ1v) is 8.98. The summed E-state index contributed by atoms with van der Waals surface area (Å²) in [5.74, 6) is 0.101. The first-order chi connectivity index (χ1) is 11.5. The fourth-order valence-electron chi connectivity index (χ4n) is 2.01. The standard InChI is InChI=1S/C15H11Cl3N4OS/c16-9-3-8(4-10(17)5-9)6-19-13(23)7-24-15-20-11-1-2-12(18)21-14(11)22-15/h1-5H,6-7H2,(H,19,23)(H,20,21,22). The Hall–Kier alpha value is -1.47. The van der Waals surface area contributed by atoms with Crippen molar-refractivity contribution in [3.8, 4) is 0 Å². The van der Waals surface area contributed by atoms with Crippen LogP contribution in [0.25, 0.3) is 11.2 Å². The van der Waals surface area contributed by atoms with Gasteiger partial charge < -0.3 is 10.3 Å². The average Bonchev–Trinajstić information content (AvgIpc) is 2.92. The van der Waals surface area contributed by atoms with Gasteiger partial charge in [0.15, 0.2) is 10.8 Å². The number of benzene rings is 1. The maximum absolute atomic E-state index is 12.0. The molecule has 1 amide bonds. The zero-order chi connectivity index (χ0) is 17.1. The number of thioether (sulfide) groups is 1. The van der Waals surface area contributed by atoms with Crippen molar-refractivity contribution in [2.24, 2.45) is 0 Å². The maximum atomic E-state index is 12.0. The van der Waals surface area contributed by atoms with Gasteiger partial charge in [0.25, 0.3) is 0 Å². The average molecular weight is 402 g/mol. The highest BCUT2D eigenvalue weighted by Crippen LogP contribution is 2.20. The molecule has 3 rings (SSSR count). The fraction of sp³-hybridized carbons (Fsp3) is 0.133. The van der Waals surface area contributed by atoms with Crippen molar-refractivity contribution in [3.05, 3.63) is 51.1 Å². The smallest absolute Gasteiger partial charge is 0.230 e. The normalized spacial score (nSPS) is 11.0. The molecule has 0 aliphatic heterocycles. The minimum absolute atomic E-state index is 0.123. The van der Waals surface area contributed by atoms with E-state index in [1.807, 2.05) is 0 Å². The van der Waals surface area contributed by atoms with Crippen molar-refractivity contribution < 1.29 is 4.79 Å². The summed E-state index contributed by atoms with van der Waals surface area (Å²) < 4.78 is 0. The van der Waals surface area contributed by atoms with Crippen LogP contribution in [-0.2, 0) is 11.3 Å². The van der Waals surface area contributed by atoms with Crippen LogP contribution in [0.2, 0.25) is 15.2 Å². The zero-order valence-electron chi connectivity index (χ0n) is 12.1. The second-order valence-corrected chi connectivity index (χ2v) is 7.11. The van der Waals surface area contributed by atoms with E-state index in [0.717, 1.165) is 11.1 Å². The molecule has 2 aromatic heterocycles. The molecule has 0 aliphatic rings. The number of imidazole rings is 1. The number of aromatic amines is 1. The number of halogens is 3. The molecule has 0 saturated heterocycles. The number of carbonyl (C=O) groups excluding carboxylic acids is 1. The highest BCUT2D eigenvalue weighted by molar-refractivity contribution is 7.99. The Labute approximate surface area is 157 Å². The highest BCUT2D eigenvalue weighted by atomic mass is 35.5. The number of hydrogen-bond acceptors (Lipinski definition) is 4. The summed E-state index contributed by atoms with van der Waals surface area (Å²) in [6.07, 6.45) is 0. The van der Waals surface area contributed by atoms with E-state index in [1.165, 1.54) is 11.8 Å². The lowest BCUT2D eigenvalue weighted by molar-refractivity contribution is -0.118. The van der Waals surface area contributed by atoms with Crippen molar-refractivity contribution in [3.63, 3.8) is 0 Å². The topological polar surface area (TPSA) is 70.7 Å². The Morgan fingerprint density at radius 2 is 1.88 bits per heavy atom. The predicted molar refractivity (Wildman–Crippen MR) is 97.9 cm³/mol. The Balaban J connectivity index is 1.54. The largest absolute Gasteiger partial charge is 0.351 e. The monoisotopic (exact) mass is 400 g/mol. The zero-order valence-corrected chi connectivity index (χ0v) is 15.2. The van der Waals surface area contributed by atoms with E-state index < -0.39 is 0 Å². The van der Waals surface area contributed by atoms with Gasteiger partial charge in [0.1, 0.15) is 5.15 Å². The molecule has 0 fully saturated rings. The van der Waals surface area contributed by atoms with E-state index in [0.29, 0.717) is 32.5 Å². The lowest BCUT2D eigenvalue weighted by atomic mass is 10.2. The van der Waals surface area contributed by atoms with Crippen LogP contribution in [0.15, 0.2) is 35.5 Å². The van der Waals surface area contributed by atoms with E-state index >= 15 is 0 Å². The molecule has 2 heterocycles. The second-order valence-electron chi connectivity index (χ2n) is 4.89. The van der Waals surface area contributed by atoms with Crippen molar-refractivity contribution >= 4 is 63.6 Å². The number of aromatic nitrogens is 3. The minimum Gasteiger partial charge on any atom is -0.351 e. The molecule has 0 saturated carbocycles. The van der Waals surface area contributed by atoms with Crippen LogP contribution in [0.3, 0.4) is 0 Å². The summed E-state index contributed by atoms with van der Waals surface area (Å²) >= 11 is 19.0. The number of hydrogen-bond donors (Lipinski definition) is 2. The molecule has 3 aromatic rings. The van der Waals surface area contributed by atoms with E-state index in [2.05, 4.69) is 20.3 Å². The fourth-order valence-corrected chi connectivity index (χ4v) is 3.43. The number of pyridine rings is 1. The molecule has 24 heavy (non-hydrogen) atoms. The summed E-state index contributed by atoms with van der Waals surface area (Å²) in [7, 11) is 0. The molecule has 0 unspecified atom stereocenters. The van der Waals surface area contributed by atoms with E-state index in [-0.39, 0.29) is 11.7 Å². The maximum Gasteiger partial charge on any atom is 0.230 e. The molecule has 0 spiro atoms. The van der Waals surface area contributed by atoms with Gasteiger partial charge in [0.05, 0.1) is 11.3 Å². The van der Waals surface area contributed by atoms with Gasteiger partial charge in [-0.25, -0.2) is 9.97 Å². The van der Waals surface area contributed by atoms with Gasteiger partial charge in [-0.3, -0.25) is 4.79 Å². The third-order valence-corrected chi connectivity index (χ3v) is 4.56. The molecule has 2 N–H and O–H groups in total. The molecular weight excluding hydrogens is 391 g/mol. The predicted octanol–water partition coefficient (Wildman–Crippen LogP) is 4.33. The Bertz CT molecular complexity index is 879. The summed E-state index contributed by atoms with van der Waals surface area (Å²) in [4.78, 5) is 23.4. The van der Waals surface area contributed by atoms with E-state index in [4.69, 9.17) is 34.8 Å². The van der Waals surface area contributed by atoms with E-state index in [1.54, 1.807) is 30.3 Å². The van der Waals surface area contributed by atoms with Gasteiger partial charge in [-0.15, -0.1) is 0 Å². The summed E-state index contributed by atoms with van der Waals surface area (Å²) in [6.45, 7) is 0.358. The quantitative estimate of drug-likeness (QED) is 0.493. The number of carbonyl (C=O) groups is 1. The van der Waals surface area contributed by atoms with Crippen LogP contribution in [0.5, 0.6) is 0 Å². The summed E-state index contributed by atoms with van der Waals surface area (Å²) in [5, 5.41) is 4.87. The van der Waals surface area contributed by atoms with Crippen LogP contribution in [0, 0.1) is 0 Å². The van der Waals surface area contributed by atoms with Crippen LogP contribution < -0.4 is 5.32 Å². The molecule has 1 aromatic carbocycles. The number of nitrogens with zero attached hydrogens (tertiary/aromatic N) is 2. The Morgan fingerprint density at radius 3 is 2.62 bits per heavy atom. The van der Waals surface area contributed by atoms with Gasteiger partial charge in [0, 0.05) is 16.6 Å². The minimum atomic E-state index is -0.123. The molecule has 0 bridgehead atoms. The lowest BCUT2D eigenvalue weighted by Gasteiger charge is -2.05. The van der Waals surface area contributed by atoms with Crippen LogP contribution in [0.4, 0.5) is 0 Å². The first-order valence-electron chi connectivity index (χ1n) is 6.86. The third kappa shape index (κ3) is 4.54. The molecule has 0 atom stereocenters. The van der Waals surface area contributed by atoms with Crippen molar-refractivity contribution in [2.45, 2.75) is 11.7 Å². The van der Waals surface area contributed by atoms with Gasteiger partial charge in [0.2, 0.25) is 5.91 Å². The Kier molecular flexibility index (Phi) is 5.50. The van der Waals surface area contributed by atoms with Crippen LogP contribution in [0.1, 0.15) is 5.56 Å². The summed E-state index contributed by atoms with van der Waals surface area (Å²) in [6, 6.07) is 8.64.